The summed E-state index contributed by atoms with van der Waals surface area (Å²) in [5.74, 6) is -2.15. The van der Waals surface area contributed by atoms with Gasteiger partial charge in [-0.05, 0) is 11.8 Å². The molecule has 86 valence electrons. The van der Waals surface area contributed by atoms with Gasteiger partial charge in [0.15, 0.2) is 0 Å². The van der Waals surface area contributed by atoms with Crippen molar-refractivity contribution in [2.75, 3.05) is 0 Å². The van der Waals surface area contributed by atoms with Gasteiger partial charge in [-0.25, -0.2) is 9.59 Å². The van der Waals surface area contributed by atoms with Crippen LogP contribution in [-0.4, -0.2) is 22.5 Å². The number of hydrogen-bond donors (Lipinski definition) is 2. The maximum absolute atomic E-state index is 11.1. The Hall–Kier alpha value is -1.40. The third-order valence-electron chi connectivity index (χ3n) is 2.27. The fourth-order valence-corrected chi connectivity index (χ4v) is 0.914. The second-order valence-corrected chi connectivity index (χ2v) is 3.58. The van der Waals surface area contributed by atoms with Crippen molar-refractivity contribution in [3.8, 4) is 0 Å². The van der Waals surface area contributed by atoms with Crippen LogP contribution < -0.4 is 0 Å². The molecular formula is C9H14O6. The summed E-state index contributed by atoms with van der Waals surface area (Å²) in [5.41, 5.74) is -0.750. The van der Waals surface area contributed by atoms with Crippen molar-refractivity contribution < 1.29 is 29.9 Å². The third-order valence-corrected chi connectivity index (χ3v) is 2.27. The molecule has 2 N–H and O–H groups in total. The van der Waals surface area contributed by atoms with Crippen LogP contribution in [0, 0.1) is 5.41 Å². The summed E-state index contributed by atoms with van der Waals surface area (Å²) >= 11 is 0. The van der Waals surface area contributed by atoms with E-state index in [1.165, 1.54) is 0 Å². The van der Waals surface area contributed by atoms with Gasteiger partial charge >= 0.3 is 11.9 Å². The lowest BCUT2D eigenvalue weighted by atomic mass is 9.81. The molecule has 0 aliphatic carbocycles. The Labute approximate surface area is 87.0 Å². The standard InChI is InChI=1S/C9H14O6/c1-4-9(2,3)6(8(11)15-13)5-7(10)14-12/h5,12-13H,4H2,1-3H3. The topological polar surface area (TPSA) is 93.1 Å². The van der Waals surface area contributed by atoms with Crippen molar-refractivity contribution in [3.63, 3.8) is 0 Å². The zero-order valence-corrected chi connectivity index (χ0v) is 8.81. The van der Waals surface area contributed by atoms with Crippen molar-refractivity contribution in [1.82, 2.24) is 0 Å². The lowest BCUT2D eigenvalue weighted by molar-refractivity contribution is -0.232. The Bertz CT molecular complexity index is 278. The van der Waals surface area contributed by atoms with Gasteiger partial charge in [-0.1, -0.05) is 20.8 Å². The maximum atomic E-state index is 11.1. The van der Waals surface area contributed by atoms with Gasteiger partial charge < -0.3 is 0 Å². The van der Waals surface area contributed by atoms with Crippen molar-refractivity contribution in [3.05, 3.63) is 11.6 Å². The van der Waals surface area contributed by atoms with E-state index in [9.17, 15) is 9.59 Å². The second kappa shape index (κ2) is 5.47. The van der Waals surface area contributed by atoms with Crippen LogP contribution >= 0.6 is 0 Å². The Morgan fingerprint density at radius 2 is 1.80 bits per heavy atom. The Morgan fingerprint density at radius 3 is 2.13 bits per heavy atom. The molecule has 0 atom stereocenters. The molecule has 0 amide bonds. The van der Waals surface area contributed by atoms with Gasteiger partial charge in [-0.3, -0.25) is 9.78 Å². The van der Waals surface area contributed by atoms with E-state index in [0.29, 0.717) is 6.42 Å². The van der Waals surface area contributed by atoms with E-state index in [2.05, 4.69) is 9.78 Å². The first-order valence-electron chi connectivity index (χ1n) is 4.32. The van der Waals surface area contributed by atoms with Crippen LogP contribution in [0.1, 0.15) is 27.2 Å². The van der Waals surface area contributed by atoms with Gasteiger partial charge in [0.05, 0.1) is 5.57 Å². The molecule has 0 aromatic rings. The van der Waals surface area contributed by atoms with Crippen LogP contribution in [0.2, 0.25) is 0 Å². The smallest absolute Gasteiger partial charge is 0.296 e. The lowest BCUT2D eigenvalue weighted by Crippen LogP contribution is -2.23. The van der Waals surface area contributed by atoms with Gasteiger partial charge in [-0.15, -0.1) is 0 Å². The van der Waals surface area contributed by atoms with Crippen molar-refractivity contribution in [2.24, 2.45) is 5.41 Å². The highest BCUT2D eigenvalue weighted by molar-refractivity contribution is 5.96. The molecular weight excluding hydrogens is 204 g/mol. The summed E-state index contributed by atoms with van der Waals surface area (Å²) < 4.78 is 0. The van der Waals surface area contributed by atoms with E-state index in [1.807, 2.05) is 0 Å². The first-order chi connectivity index (χ1) is 6.88. The van der Waals surface area contributed by atoms with Crippen LogP contribution in [0.4, 0.5) is 0 Å². The van der Waals surface area contributed by atoms with E-state index in [1.54, 1.807) is 20.8 Å². The molecule has 6 heteroatoms. The van der Waals surface area contributed by atoms with Gasteiger partial charge in [0, 0.05) is 6.08 Å². The monoisotopic (exact) mass is 218 g/mol. The molecule has 0 aromatic carbocycles. The highest BCUT2D eigenvalue weighted by Gasteiger charge is 2.29. The SMILES string of the molecule is CCC(C)(C)C(=CC(=O)OO)C(=O)OO. The minimum Gasteiger partial charge on any atom is -0.296 e. The molecule has 0 heterocycles. The van der Waals surface area contributed by atoms with Crippen molar-refractivity contribution in [2.45, 2.75) is 27.2 Å². The van der Waals surface area contributed by atoms with Gasteiger partial charge in [-0.2, -0.15) is 10.5 Å². The normalized spacial score (nSPS) is 12.2. The van der Waals surface area contributed by atoms with Crippen LogP contribution in [0.5, 0.6) is 0 Å². The summed E-state index contributed by atoms with van der Waals surface area (Å²) in [6.45, 7) is 5.16. The molecule has 0 aliphatic heterocycles. The van der Waals surface area contributed by atoms with E-state index >= 15 is 0 Å². The first-order valence-corrected chi connectivity index (χ1v) is 4.32. The van der Waals surface area contributed by atoms with Crippen LogP contribution in [0.15, 0.2) is 11.6 Å². The fraction of sp³-hybridized carbons (Fsp3) is 0.556. The summed E-state index contributed by atoms with van der Waals surface area (Å²) in [4.78, 5) is 28.9. The number of carbonyl (C=O) groups excluding carboxylic acids is 2. The molecule has 0 saturated heterocycles. The van der Waals surface area contributed by atoms with Gasteiger partial charge in [0.2, 0.25) is 0 Å². The summed E-state index contributed by atoms with van der Waals surface area (Å²) in [5, 5.41) is 16.3. The van der Waals surface area contributed by atoms with Crippen LogP contribution in [-0.2, 0) is 19.4 Å². The summed E-state index contributed by atoms with van der Waals surface area (Å²) in [6.07, 6.45) is 1.31. The molecule has 0 unspecified atom stereocenters. The molecule has 0 spiro atoms. The first kappa shape index (κ1) is 13.6. The average molecular weight is 218 g/mol. The number of carbonyl (C=O) groups is 2. The Morgan fingerprint density at radius 1 is 1.27 bits per heavy atom. The maximum Gasteiger partial charge on any atom is 0.369 e. The summed E-state index contributed by atoms with van der Waals surface area (Å²) in [7, 11) is 0. The van der Waals surface area contributed by atoms with Crippen LogP contribution in [0.25, 0.3) is 0 Å². The quantitative estimate of drug-likeness (QED) is 0.420. The van der Waals surface area contributed by atoms with Crippen LogP contribution in [0.3, 0.4) is 0 Å². The van der Waals surface area contributed by atoms with E-state index < -0.39 is 17.4 Å². The predicted octanol–water partition coefficient (Wildman–Crippen LogP) is 1.38. The zero-order valence-electron chi connectivity index (χ0n) is 8.81. The molecule has 0 saturated carbocycles. The molecule has 0 aromatic heterocycles. The zero-order chi connectivity index (χ0) is 12.1. The molecule has 0 rings (SSSR count). The van der Waals surface area contributed by atoms with Gasteiger partial charge in [0.25, 0.3) is 0 Å². The highest BCUT2D eigenvalue weighted by Crippen LogP contribution is 2.30. The lowest BCUT2D eigenvalue weighted by Gasteiger charge is -2.23. The van der Waals surface area contributed by atoms with Crippen molar-refractivity contribution in [1.29, 1.82) is 0 Å². The van der Waals surface area contributed by atoms with E-state index in [0.717, 1.165) is 6.08 Å². The number of rotatable bonds is 4. The molecule has 0 fully saturated rings. The fourth-order valence-electron chi connectivity index (χ4n) is 0.914. The average Bonchev–Trinajstić information content (AvgIpc) is 2.24. The molecule has 0 radical (unpaired) electrons. The van der Waals surface area contributed by atoms with E-state index in [4.69, 9.17) is 10.5 Å². The molecule has 0 aliphatic rings. The largest absolute Gasteiger partial charge is 0.369 e. The minimum absolute atomic E-state index is 0.0773. The molecule has 6 nitrogen and oxygen atoms in total. The number of hydrogen-bond acceptors (Lipinski definition) is 6. The Balaban J connectivity index is 5.15. The van der Waals surface area contributed by atoms with Crippen molar-refractivity contribution >= 4 is 11.9 Å². The second-order valence-electron chi connectivity index (χ2n) is 3.58. The highest BCUT2D eigenvalue weighted by atomic mass is 17.1. The minimum atomic E-state index is -1.10. The third kappa shape index (κ3) is 3.69. The molecule has 0 bridgehead atoms. The molecule has 15 heavy (non-hydrogen) atoms. The summed E-state index contributed by atoms with van der Waals surface area (Å²) in [6, 6.07) is 0. The Kier molecular flexibility index (Phi) is 4.96. The van der Waals surface area contributed by atoms with E-state index in [-0.39, 0.29) is 5.57 Å². The van der Waals surface area contributed by atoms with Gasteiger partial charge in [0.1, 0.15) is 0 Å². The predicted molar refractivity (Wildman–Crippen MR) is 49.6 cm³/mol.